The predicted molar refractivity (Wildman–Crippen MR) is 98.9 cm³/mol. The molecule has 5 heteroatoms. The lowest BCUT2D eigenvalue weighted by molar-refractivity contribution is -0.123. The number of nitrogens with one attached hydrogen (secondary N) is 1. The van der Waals surface area contributed by atoms with Crippen molar-refractivity contribution in [2.45, 2.75) is 13.0 Å². The zero-order valence-corrected chi connectivity index (χ0v) is 14.9. The fourth-order valence-corrected chi connectivity index (χ4v) is 2.20. The Kier molecular flexibility index (Phi) is 7.79. The summed E-state index contributed by atoms with van der Waals surface area (Å²) in [5, 5.41) is 2.84. The number of rotatable bonds is 10. The number of ether oxygens (including phenoxy) is 2. The second kappa shape index (κ2) is 10.4. The van der Waals surface area contributed by atoms with E-state index in [1.165, 1.54) is 0 Å². The minimum absolute atomic E-state index is 0.0200. The smallest absolute Gasteiger partial charge is 0.257 e. The van der Waals surface area contributed by atoms with Gasteiger partial charge in [-0.05, 0) is 56.9 Å². The molecule has 1 N–H and O–H groups in total. The minimum atomic E-state index is -0.108. The van der Waals surface area contributed by atoms with Crippen LogP contribution in [0.4, 0.5) is 0 Å². The molecular weight excluding hydrogens is 316 g/mol. The maximum Gasteiger partial charge on any atom is 0.257 e. The van der Waals surface area contributed by atoms with E-state index in [9.17, 15) is 4.79 Å². The molecule has 0 fully saturated rings. The van der Waals surface area contributed by atoms with Crippen molar-refractivity contribution >= 4 is 5.91 Å². The highest BCUT2D eigenvalue weighted by Crippen LogP contribution is 2.18. The Labute approximate surface area is 149 Å². The van der Waals surface area contributed by atoms with Crippen molar-refractivity contribution in [3.05, 3.63) is 60.2 Å². The van der Waals surface area contributed by atoms with Crippen LogP contribution in [0.2, 0.25) is 0 Å². The van der Waals surface area contributed by atoms with Gasteiger partial charge in [-0.3, -0.25) is 4.79 Å². The number of carbonyl (C=O) groups is 1. The van der Waals surface area contributed by atoms with E-state index in [2.05, 4.69) is 10.2 Å². The van der Waals surface area contributed by atoms with Crippen molar-refractivity contribution in [2.75, 3.05) is 33.8 Å². The minimum Gasteiger partial charge on any atom is -0.489 e. The maximum absolute atomic E-state index is 11.7. The second-order valence-corrected chi connectivity index (χ2v) is 6.04. The Morgan fingerprint density at radius 3 is 2.24 bits per heavy atom. The molecule has 0 bridgehead atoms. The third kappa shape index (κ3) is 7.72. The van der Waals surface area contributed by atoms with Gasteiger partial charge in [-0.15, -0.1) is 0 Å². The molecule has 5 nitrogen and oxygen atoms in total. The first-order chi connectivity index (χ1) is 12.1. The number of hydrogen-bond acceptors (Lipinski definition) is 4. The Balaban J connectivity index is 1.67. The number of benzene rings is 2. The van der Waals surface area contributed by atoms with E-state index in [0.29, 0.717) is 18.9 Å². The fraction of sp³-hybridized carbons (Fsp3) is 0.350. The highest BCUT2D eigenvalue weighted by molar-refractivity contribution is 5.77. The standard InChI is InChI=1S/C20H26N2O3/c1-22(2)14-6-13-21-20(23)16-25-19-11-9-18(10-12-19)24-15-17-7-4-3-5-8-17/h3-5,7-12H,6,13-16H2,1-2H3,(H,21,23). The van der Waals surface area contributed by atoms with Gasteiger partial charge in [0.1, 0.15) is 18.1 Å². The summed E-state index contributed by atoms with van der Waals surface area (Å²) in [6.07, 6.45) is 0.923. The van der Waals surface area contributed by atoms with Crippen molar-refractivity contribution in [3.63, 3.8) is 0 Å². The zero-order chi connectivity index (χ0) is 17.9. The Hall–Kier alpha value is -2.53. The van der Waals surface area contributed by atoms with Crippen LogP contribution in [0.25, 0.3) is 0 Å². The molecule has 0 spiro atoms. The number of nitrogens with zero attached hydrogens (tertiary/aromatic N) is 1. The molecule has 0 saturated heterocycles. The third-order valence-electron chi connectivity index (χ3n) is 3.55. The SMILES string of the molecule is CN(C)CCCNC(=O)COc1ccc(OCc2ccccc2)cc1. The number of carbonyl (C=O) groups excluding carboxylic acids is 1. The molecule has 0 aliphatic rings. The molecular formula is C20H26N2O3. The van der Waals surface area contributed by atoms with Gasteiger partial charge in [-0.25, -0.2) is 0 Å². The lowest BCUT2D eigenvalue weighted by atomic mass is 10.2. The fourth-order valence-electron chi connectivity index (χ4n) is 2.20. The van der Waals surface area contributed by atoms with Gasteiger partial charge in [0.05, 0.1) is 0 Å². The van der Waals surface area contributed by atoms with Crippen LogP contribution in [0.3, 0.4) is 0 Å². The Bertz CT molecular complexity index is 627. The topological polar surface area (TPSA) is 50.8 Å². The van der Waals surface area contributed by atoms with Crippen molar-refractivity contribution in [2.24, 2.45) is 0 Å². The summed E-state index contributed by atoms with van der Waals surface area (Å²) in [5.74, 6) is 1.31. The lowest BCUT2D eigenvalue weighted by Crippen LogP contribution is -2.31. The van der Waals surface area contributed by atoms with Crippen LogP contribution in [0.5, 0.6) is 11.5 Å². The van der Waals surface area contributed by atoms with Crippen molar-refractivity contribution < 1.29 is 14.3 Å². The summed E-state index contributed by atoms with van der Waals surface area (Å²) in [6, 6.07) is 17.3. The van der Waals surface area contributed by atoms with E-state index in [0.717, 1.165) is 24.3 Å². The molecule has 2 rings (SSSR count). The number of amides is 1. The monoisotopic (exact) mass is 342 g/mol. The third-order valence-corrected chi connectivity index (χ3v) is 3.55. The summed E-state index contributed by atoms with van der Waals surface area (Å²) in [4.78, 5) is 13.8. The van der Waals surface area contributed by atoms with Crippen LogP contribution in [0.1, 0.15) is 12.0 Å². The van der Waals surface area contributed by atoms with E-state index in [1.54, 1.807) is 12.1 Å². The van der Waals surface area contributed by atoms with Gasteiger partial charge in [0, 0.05) is 6.54 Å². The Morgan fingerprint density at radius 1 is 0.960 bits per heavy atom. The van der Waals surface area contributed by atoms with Gasteiger partial charge in [-0.1, -0.05) is 30.3 Å². The molecule has 25 heavy (non-hydrogen) atoms. The molecule has 2 aromatic rings. The van der Waals surface area contributed by atoms with E-state index in [4.69, 9.17) is 9.47 Å². The quantitative estimate of drug-likeness (QED) is 0.675. The molecule has 0 saturated carbocycles. The van der Waals surface area contributed by atoms with Gasteiger partial charge in [0.15, 0.2) is 6.61 Å². The lowest BCUT2D eigenvalue weighted by Gasteiger charge is -2.11. The second-order valence-electron chi connectivity index (χ2n) is 6.04. The van der Waals surface area contributed by atoms with Crippen LogP contribution in [0, 0.1) is 0 Å². The molecule has 0 aliphatic carbocycles. The van der Waals surface area contributed by atoms with Gasteiger partial charge in [-0.2, -0.15) is 0 Å². The van der Waals surface area contributed by atoms with Crippen molar-refractivity contribution in [1.82, 2.24) is 10.2 Å². The molecule has 134 valence electrons. The summed E-state index contributed by atoms with van der Waals surface area (Å²) >= 11 is 0. The van der Waals surface area contributed by atoms with Crippen molar-refractivity contribution in [1.29, 1.82) is 0 Å². The van der Waals surface area contributed by atoms with Crippen LogP contribution >= 0.6 is 0 Å². The van der Waals surface area contributed by atoms with E-state index in [-0.39, 0.29) is 12.5 Å². The first-order valence-electron chi connectivity index (χ1n) is 8.44. The van der Waals surface area contributed by atoms with Gasteiger partial charge >= 0.3 is 0 Å². The summed E-state index contributed by atoms with van der Waals surface area (Å²) in [6.45, 7) is 2.15. The summed E-state index contributed by atoms with van der Waals surface area (Å²) < 4.78 is 11.2. The molecule has 0 heterocycles. The van der Waals surface area contributed by atoms with E-state index in [1.807, 2.05) is 56.6 Å². The van der Waals surface area contributed by atoms with Crippen LogP contribution < -0.4 is 14.8 Å². The van der Waals surface area contributed by atoms with Crippen molar-refractivity contribution in [3.8, 4) is 11.5 Å². The van der Waals surface area contributed by atoms with Crippen LogP contribution in [0.15, 0.2) is 54.6 Å². The molecule has 0 unspecified atom stereocenters. The van der Waals surface area contributed by atoms with Crippen LogP contribution in [-0.2, 0) is 11.4 Å². The maximum atomic E-state index is 11.7. The Morgan fingerprint density at radius 2 is 1.60 bits per heavy atom. The van der Waals surface area contributed by atoms with Gasteiger partial charge < -0.3 is 19.7 Å². The largest absolute Gasteiger partial charge is 0.489 e. The first kappa shape index (κ1) is 18.8. The molecule has 2 aromatic carbocycles. The average molecular weight is 342 g/mol. The normalized spacial score (nSPS) is 10.5. The van der Waals surface area contributed by atoms with E-state index < -0.39 is 0 Å². The zero-order valence-electron chi connectivity index (χ0n) is 14.9. The highest BCUT2D eigenvalue weighted by atomic mass is 16.5. The summed E-state index contributed by atoms with van der Waals surface area (Å²) in [7, 11) is 4.02. The van der Waals surface area contributed by atoms with Crippen LogP contribution in [-0.4, -0.2) is 44.6 Å². The summed E-state index contributed by atoms with van der Waals surface area (Å²) in [5.41, 5.74) is 1.12. The molecule has 0 radical (unpaired) electrons. The van der Waals surface area contributed by atoms with Gasteiger partial charge in [0.25, 0.3) is 5.91 Å². The number of hydrogen-bond donors (Lipinski definition) is 1. The first-order valence-corrected chi connectivity index (χ1v) is 8.44. The van der Waals surface area contributed by atoms with E-state index >= 15 is 0 Å². The molecule has 1 amide bonds. The highest BCUT2D eigenvalue weighted by Gasteiger charge is 2.03. The molecule has 0 aliphatic heterocycles. The molecule has 0 aromatic heterocycles. The predicted octanol–water partition coefficient (Wildman–Crippen LogP) is 2.71. The molecule has 0 atom stereocenters. The average Bonchev–Trinajstić information content (AvgIpc) is 2.63. The van der Waals surface area contributed by atoms with Gasteiger partial charge in [0.2, 0.25) is 0 Å².